The van der Waals surface area contributed by atoms with Gasteiger partial charge in [-0.2, -0.15) is 0 Å². The van der Waals surface area contributed by atoms with Gasteiger partial charge in [-0.1, -0.05) is 110 Å². The maximum absolute atomic E-state index is 14.3. The summed E-state index contributed by atoms with van der Waals surface area (Å²) in [7, 11) is 0. The lowest BCUT2D eigenvalue weighted by molar-refractivity contribution is -0.143. The topological polar surface area (TPSA) is 134 Å². The van der Waals surface area contributed by atoms with Crippen molar-refractivity contribution in [1.82, 2.24) is 15.5 Å². The minimum absolute atomic E-state index is 0.0668. The zero-order valence-corrected chi connectivity index (χ0v) is 30.6. The predicted molar refractivity (Wildman–Crippen MR) is 201 cm³/mol. The molecule has 0 unspecified atom stereocenters. The third-order valence-electron chi connectivity index (χ3n) is 7.73. The van der Waals surface area contributed by atoms with Crippen LogP contribution in [0.1, 0.15) is 63.6 Å². The molecule has 0 saturated carbocycles. The van der Waals surface area contributed by atoms with Crippen LogP contribution in [0.2, 0.25) is 0 Å². The summed E-state index contributed by atoms with van der Waals surface area (Å²) in [6, 6.07) is 29.1. The summed E-state index contributed by atoms with van der Waals surface area (Å²) in [4.78, 5) is 52.5. The van der Waals surface area contributed by atoms with E-state index < -0.39 is 47.0 Å². The van der Waals surface area contributed by atoms with E-state index in [-0.39, 0.29) is 25.3 Å². The lowest BCUT2D eigenvalue weighted by Gasteiger charge is -2.37. The van der Waals surface area contributed by atoms with E-state index in [2.05, 4.69) is 53.6 Å². The zero-order chi connectivity index (χ0) is 37.3. The van der Waals surface area contributed by atoms with Crippen LogP contribution in [0.3, 0.4) is 0 Å². The summed E-state index contributed by atoms with van der Waals surface area (Å²) < 4.78 is 9.67. The second-order valence-corrected chi connectivity index (χ2v) is 13.9. The molecule has 3 amide bonds. The standard InChI is InChI=1S/C40H49N3O7S/c1-6-27-49-38(48)42-34(25-17-18-26-41-37(47)50-39(3,4)5)36(46)43(28-35(44)45)33(7-2)29-51-40(30-19-11-8-12-20-30,31-21-13-9-14-22-31)32-23-15-10-16-24-32/h6-16,19-24,34H,1,17-18,25-29H2,2-5H3,(H,41,47)(H,42,48)(H,44,45)/b33-7+/t34-/m0/s1. The van der Waals surface area contributed by atoms with E-state index in [1.807, 2.05) is 54.6 Å². The molecule has 0 aromatic heterocycles. The first-order valence-electron chi connectivity index (χ1n) is 16.9. The van der Waals surface area contributed by atoms with Gasteiger partial charge in [0.25, 0.3) is 0 Å². The lowest BCUT2D eigenvalue weighted by Crippen LogP contribution is -2.50. The number of rotatable bonds is 18. The van der Waals surface area contributed by atoms with Crippen molar-refractivity contribution in [3.63, 3.8) is 0 Å². The maximum atomic E-state index is 14.3. The smallest absolute Gasteiger partial charge is 0.408 e. The quantitative estimate of drug-likeness (QED) is 0.0701. The highest BCUT2D eigenvalue weighted by Gasteiger charge is 2.38. The number of carboxylic acids is 1. The van der Waals surface area contributed by atoms with Gasteiger partial charge >= 0.3 is 18.2 Å². The number of carbonyl (C=O) groups excluding carboxylic acids is 3. The molecule has 272 valence electrons. The first kappa shape index (κ1) is 40.4. The molecule has 51 heavy (non-hydrogen) atoms. The van der Waals surface area contributed by atoms with Crippen LogP contribution in [0.25, 0.3) is 0 Å². The van der Waals surface area contributed by atoms with Crippen molar-refractivity contribution >= 4 is 35.8 Å². The SMILES string of the molecule is C=CCOC(=O)N[C@@H](CCCCNC(=O)OC(C)(C)C)C(=O)N(CC(=O)O)/C(=C/C)CSC(c1ccccc1)(c1ccccc1)c1ccccc1. The summed E-state index contributed by atoms with van der Waals surface area (Å²) in [5.74, 6) is -1.55. The molecule has 3 N–H and O–H groups in total. The highest BCUT2D eigenvalue weighted by molar-refractivity contribution is 8.00. The van der Waals surface area contributed by atoms with E-state index in [0.717, 1.165) is 16.7 Å². The molecular weight excluding hydrogens is 667 g/mol. The molecule has 0 bridgehead atoms. The number of carbonyl (C=O) groups is 4. The molecule has 11 heteroatoms. The Balaban J connectivity index is 1.93. The van der Waals surface area contributed by atoms with E-state index >= 15 is 0 Å². The first-order chi connectivity index (χ1) is 24.4. The van der Waals surface area contributed by atoms with E-state index in [9.17, 15) is 24.3 Å². The molecular formula is C40H49N3O7S. The van der Waals surface area contributed by atoms with Crippen LogP contribution in [0.15, 0.2) is 115 Å². The number of benzene rings is 3. The van der Waals surface area contributed by atoms with Crippen molar-refractivity contribution < 1.29 is 33.8 Å². The van der Waals surface area contributed by atoms with Gasteiger partial charge in [0.05, 0.1) is 4.75 Å². The van der Waals surface area contributed by atoms with E-state index in [1.165, 1.54) is 11.0 Å². The molecule has 0 aliphatic heterocycles. The number of unbranched alkanes of at least 4 members (excludes halogenated alkanes) is 1. The Morgan fingerprint density at radius 1 is 0.863 bits per heavy atom. The number of hydrogen-bond donors (Lipinski definition) is 3. The number of aliphatic carboxylic acids is 1. The minimum Gasteiger partial charge on any atom is -0.480 e. The van der Waals surface area contributed by atoms with E-state index in [0.29, 0.717) is 18.5 Å². The summed E-state index contributed by atoms with van der Waals surface area (Å²) in [5.41, 5.74) is 2.88. The molecule has 3 aromatic carbocycles. The fourth-order valence-electron chi connectivity index (χ4n) is 5.47. The van der Waals surface area contributed by atoms with Crippen LogP contribution in [0.4, 0.5) is 9.59 Å². The number of amides is 3. The Kier molecular flexibility index (Phi) is 15.8. The van der Waals surface area contributed by atoms with Crippen molar-refractivity contribution in [2.24, 2.45) is 0 Å². The monoisotopic (exact) mass is 715 g/mol. The number of thioether (sulfide) groups is 1. The van der Waals surface area contributed by atoms with Crippen molar-refractivity contribution in [3.8, 4) is 0 Å². The van der Waals surface area contributed by atoms with Crippen LogP contribution in [-0.2, 0) is 23.8 Å². The van der Waals surface area contributed by atoms with Gasteiger partial charge in [-0.25, -0.2) is 9.59 Å². The van der Waals surface area contributed by atoms with Crippen LogP contribution >= 0.6 is 11.8 Å². The predicted octanol–water partition coefficient (Wildman–Crippen LogP) is 7.50. The van der Waals surface area contributed by atoms with Gasteiger partial charge in [0.15, 0.2) is 0 Å². The van der Waals surface area contributed by atoms with Gasteiger partial charge < -0.3 is 30.1 Å². The van der Waals surface area contributed by atoms with Crippen molar-refractivity contribution in [2.75, 3.05) is 25.4 Å². The molecule has 0 aliphatic rings. The van der Waals surface area contributed by atoms with Gasteiger partial charge in [-0.05, 0) is 63.6 Å². The Bertz CT molecular complexity index is 1510. The van der Waals surface area contributed by atoms with Gasteiger partial charge in [0.2, 0.25) is 5.91 Å². The summed E-state index contributed by atoms with van der Waals surface area (Å²) >= 11 is 1.57. The zero-order valence-electron chi connectivity index (χ0n) is 29.8. The van der Waals surface area contributed by atoms with Crippen LogP contribution in [-0.4, -0.2) is 71.2 Å². The maximum Gasteiger partial charge on any atom is 0.408 e. The lowest BCUT2D eigenvalue weighted by atomic mass is 9.84. The molecule has 10 nitrogen and oxygen atoms in total. The molecule has 0 heterocycles. The second kappa shape index (κ2) is 20.0. The molecule has 0 saturated heterocycles. The molecule has 3 rings (SSSR count). The Hall–Kier alpha value is -5.03. The van der Waals surface area contributed by atoms with Crippen LogP contribution in [0, 0.1) is 0 Å². The summed E-state index contributed by atoms with van der Waals surface area (Å²) in [6.07, 6.45) is 2.82. The number of nitrogens with one attached hydrogen (secondary N) is 2. The molecule has 0 radical (unpaired) electrons. The fourth-order valence-corrected chi connectivity index (χ4v) is 7.06. The van der Waals surface area contributed by atoms with Crippen LogP contribution in [0.5, 0.6) is 0 Å². The highest BCUT2D eigenvalue weighted by atomic mass is 32.2. The molecule has 0 fully saturated rings. The molecule has 0 aliphatic carbocycles. The van der Waals surface area contributed by atoms with Gasteiger partial charge in [-0.15, -0.1) is 11.8 Å². The van der Waals surface area contributed by atoms with Crippen LogP contribution < -0.4 is 10.6 Å². The van der Waals surface area contributed by atoms with E-state index in [4.69, 9.17) is 9.47 Å². The van der Waals surface area contributed by atoms with Gasteiger partial charge in [-0.3, -0.25) is 9.59 Å². The Labute approximate surface area is 305 Å². The van der Waals surface area contributed by atoms with E-state index in [1.54, 1.807) is 45.5 Å². The minimum atomic E-state index is -1.21. The van der Waals surface area contributed by atoms with Gasteiger partial charge in [0, 0.05) is 18.0 Å². The first-order valence-corrected chi connectivity index (χ1v) is 17.9. The average molecular weight is 716 g/mol. The normalized spacial score (nSPS) is 12.3. The molecule has 0 spiro atoms. The highest BCUT2D eigenvalue weighted by Crippen LogP contribution is 2.49. The fraction of sp³-hybridized carbons (Fsp3) is 0.350. The number of allylic oxidation sites excluding steroid dienone is 1. The third-order valence-corrected chi connectivity index (χ3v) is 9.31. The van der Waals surface area contributed by atoms with Crippen molar-refractivity contribution in [3.05, 3.63) is 132 Å². The number of alkyl carbamates (subject to hydrolysis) is 2. The number of ether oxygens (including phenoxy) is 2. The molecule has 3 aromatic rings. The molecule has 1 atom stereocenters. The van der Waals surface area contributed by atoms with Crippen molar-refractivity contribution in [1.29, 1.82) is 0 Å². The largest absolute Gasteiger partial charge is 0.480 e. The second-order valence-electron chi connectivity index (χ2n) is 12.7. The number of carboxylic acid groups (broad SMARTS) is 1. The number of nitrogens with zero attached hydrogens (tertiary/aromatic N) is 1. The number of hydrogen-bond acceptors (Lipinski definition) is 7. The third kappa shape index (κ3) is 12.4. The Morgan fingerprint density at radius 3 is 1.84 bits per heavy atom. The Morgan fingerprint density at radius 2 is 1.39 bits per heavy atom. The van der Waals surface area contributed by atoms with Gasteiger partial charge in [0.1, 0.15) is 24.8 Å². The van der Waals surface area contributed by atoms with Crippen molar-refractivity contribution in [2.45, 2.75) is 63.3 Å². The average Bonchev–Trinajstić information content (AvgIpc) is 3.11. The summed E-state index contributed by atoms with van der Waals surface area (Å²) in [5, 5.41) is 15.3. The summed E-state index contributed by atoms with van der Waals surface area (Å²) in [6.45, 7) is 10.2.